The Kier molecular flexibility index (Phi) is 8.65. The van der Waals surface area contributed by atoms with Gasteiger partial charge in [0.05, 0.1) is 36.3 Å². The van der Waals surface area contributed by atoms with Gasteiger partial charge in [0.1, 0.15) is 11.4 Å². The molecule has 0 bridgehead atoms. The van der Waals surface area contributed by atoms with Crippen molar-refractivity contribution >= 4 is 35.5 Å². The normalized spacial score (nSPS) is 11.0. The third-order valence-electron chi connectivity index (χ3n) is 5.17. The van der Waals surface area contributed by atoms with Gasteiger partial charge in [0.15, 0.2) is 11.5 Å². The van der Waals surface area contributed by atoms with Crippen LogP contribution in [-0.2, 0) is 4.79 Å². The Labute approximate surface area is 223 Å². The second-order valence-electron chi connectivity index (χ2n) is 7.60. The lowest BCUT2D eigenvalue weighted by Gasteiger charge is -2.07. The number of nitrogens with one attached hydrogen (secondary N) is 2. The molecule has 4 rings (SSSR count). The summed E-state index contributed by atoms with van der Waals surface area (Å²) in [6.07, 6.45) is 1.35. The van der Waals surface area contributed by atoms with Crippen molar-refractivity contribution in [2.45, 2.75) is 12.1 Å². The molecule has 0 aliphatic heterocycles. The van der Waals surface area contributed by atoms with Crippen molar-refractivity contribution < 1.29 is 23.9 Å². The van der Waals surface area contributed by atoms with Gasteiger partial charge in [0.2, 0.25) is 0 Å². The number of hydrogen-bond acceptors (Lipinski definition) is 7. The van der Waals surface area contributed by atoms with Crippen LogP contribution < -0.4 is 19.5 Å². The summed E-state index contributed by atoms with van der Waals surface area (Å²) in [5.74, 6) is 1.48. The van der Waals surface area contributed by atoms with E-state index in [1.807, 2.05) is 47.9 Å². The number of thioether (sulfide) groups is 1. The van der Waals surface area contributed by atoms with Gasteiger partial charge in [-0.05, 0) is 79.3 Å². The number of amides is 1. The third-order valence-corrected chi connectivity index (χ3v) is 6.36. The molecule has 3 N–H and O–H groups in total. The van der Waals surface area contributed by atoms with Crippen molar-refractivity contribution in [1.82, 2.24) is 15.6 Å². The highest BCUT2D eigenvalue weighted by Gasteiger charge is 2.24. The van der Waals surface area contributed by atoms with Crippen molar-refractivity contribution in [3.8, 4) is 34.3 Å². The number of hydrogen-bond donors (Lipinski definition) is 3. The summed E-state index contributed by atoms with van der Waals surface area (Å²) in [7, 11) is 1.46. The van der Waals surface area contributed by atoms with E-state index in [9.17, 15) is 9.90 Å². The van der Waals surface area contributed by atoms with E-state index in [1.165, 1.54) is 25.1 Å². The fourth-order valence-corrected chi connectivity index (χ4v) is 4.32. The zero-order valence-corrected chi connectivity index (χ0v) is 21.7. The minimum atomic E-state index is -0.335. The maximum absolute atomic E-state index is 12.5. The second-order valence-corrected chi connectivity index (χ2v) is 8.98. The highest BCUT2D eigenvalue weighted by atomic mass is 35.5. The third kappa shape index (κ3) is 6.41. The van der Waals surface area contributed by atoms with Gasteiger partial charge in [-0.25, -0.2) is 5.43 Å². The van der Waals surface area contributed by atoms with E-state index in [-0.39, 0.29) is 17.4 Å². The van der Waals surface area contributed by atoms with Crippen molar-refractivity contribution in [2.24, 2.45) is 5.10 Å². The number of carbonyl (C=O) groups excluding carboxylic acids is 1. The number of para-hydroxylation sites is 1. The maximum atomic E-state index is 12.5. The molecule has 11 heteroatoms. The summed E-state index contributed by atoms with van der Waals surface area (Å²) in [6, 6.07) is 20.0. The molecule has 4 aromatic rings. The van der Waals surface area contributed by atoms with Gasteiger partial charge in [0, 0.05) is 10.6 Å². The number of methoxy groups -OCH3 is 1. The quantitative estimate of drug-likeness (QED) is 0.120. The van der Waals surface area contributed by atoms with Crippen LogP contribution in [0.2, 0.25) is 5.02 Å². The first-order valence-electron chi connectivity index (χ1n) is 11.3. The summed E-state index contributed by atoms with van der Waals surface area (Å²) >= 11 is 7.32. The minimum absolute atomic E-state index is 0.0555. The SMILES string of the molecule is CCOc1ccc(-[n+]2c(SCC(=O)N/N=C/c3cccc(OC)c3O)n[nH]c2-c2ccc(Cl)cc2)cc1. The highest BCUT2D eigenvalue weighted by Crippen LogP contribution is 2.28. The Morgan fingerprint density at radius 3 is 2.65 bits per heavy atom. The molecule has 3 aromatic carbocycles. The number of ether oxygens (including phenoxy) is 2. The van der Waals surface area contributed by atoms with Crippen LogP contribution in [0.4, 0.5) is 0 Å². The minimum Gasteiger partial charge on any atom is -0.504 e. The van der Waals surface area contributed by atoms with Crippen LogP contribution in [-0.4, -0.2) is 46.9 Å². The maximum Gasteiger partial charge on any atom is 0.342 e. The van der Waals surface area contributed by atoms with E-state index in [2.05, 4.69) is 20.7 Å². The number of nitrogens with zero attached hydrogens (tertiary/aromatic N) is 3. The molecule has 0 saturated heterocycles. The van der Waals surface area contributed by atoms with Gasteiger partial charge in [-0.3, -0.25) is 4.79 Å². The molecule has 0 spiro atoms. The molecule has 1 amide bonds. The summed E-state index contributed by atoms with van der Waals surface area (Å²) in [6.45, 7) is 2.50. The largest absolute Gasteiger partial charge is 0.504 e. The molecule has 1 aromatic heterocycles. The highest BCUT2D eigenvalue weighted by molar-refractivity contribution is 7.99. The van der Waals surface area contributed by atoms with Gasteiger partial charge in [-0.2, -0.15) is 9.67 Å². The predicted octanol–water partition coefficient (Wildman–Crippen LogP) is 4.36. The van der Waals surface area contributed by atoms with E-state index >= 15 is 0 Å². The van der Waals surface area contributed by atoms with Gasteiger partial charge in [-0.1, -0.05) is 17.7 Å². The van der Waals surface area contributed by atoms with Gasteiger partial charge in [-0.15, -0.1) is 5.10 Å². The summed E-state index contributed by atoms with van der Waals surface area (Å²) < 4.78 is 12.6. The Balaban J connectivity index is 1.51. The van der Waals surface area contributed by atoms with Gasteiger partial charge in [0.25, 0.3) is 11.7 Å². The van der Waals surface area contributed by atoms with Crippen LogP contribution in [0.25, 0.3) is 17.1 Å². The number of carbonyl (C=O) groups is 1. The lowest BCUT2D eigenvalue weighted by Crippen LogP contribution is -2.34. The molecule has 0 aliphatic carbocycles. The number of phenols is 1. The molecular weight excluding hydrogens is 514 g/mol. The molecule has 37 heavy (non-hydrogen) atoms. The first kappa shape index (κ1) is 26.1. The number of H-pyrrole nitrogens is 1. The Morgan fingerprint density at radius 2 is 1.95 bits per heavy atom. The number of aromatic hydroxyl groups is 1. The van der Waals surface area contributed by atoms with Crippen LogP contribution >= 0.6 is 23.4 Å². The average Bonchev–Trinajstić information content (AvgIpc) is 3.33. The van der Waals surface area contributed by atoms with Crippen molar-refractivity contribution in [2.75, 3.05) is 19.5 Å². The summed E-state index contributed by atoms with van der Waals surface area (Å²) in [5.41, 5.74) is 4.61. The molecule has 0 atom stereocenters. The lowest BCUT2D eigenvalue weighted by atomic mass is 10.2. The zero-order chi connectivity index (χ0) is 26.2. The number of phenolic OH excluding ortho intramolecular Hbond substituents is 1. The van der Waals surface area contributed by atoms with Gasteiger partial charge < -0.3 is 14.6 Å². The van der Waals surface area contributed by atoms with E-state index in [4.69, 9.17) is 21.1 Å². The molecule has 0 aliphatic rings. The van der Waals surface area contributed by atoms with Gasteiger partial charge >= 0.3 is 5.16 Å². The van der Waals surface area contributed by atoms with E-state index in [0.29, 0.717) is 28.1 Å². The van der Waals surface area contributed by atoms with Crippen LogP contribution in [0.1, 0.15) is 12.5 Å². The Morgan fingerprint density at radius 1 is 1.19 bits per heavy atom. The summed E-state index contributed by atoms with van der Waals surface area (Å²) in [4.78, 5) is 12.5. The fraction of sp³-hybridized carbons (Fsp3) is 0.154. The van der Waals surface area contributed by atoms with E-state index < -0.39 is 0 Å². The molecule has 190 valence electrons. The molecule has 0 saturated carbocycles. The first-order chi connectivity index (χ1) is 18.0. The number of benzene rings is 3. The molecule has 0 unspecified atom stereocenters. The molecule has 0 radical (unpaired) electrons. The Hall–Kier alpha value is -4.02. The topological polar surface area (TPSA) is 113 Å². The number of hydrazone groups is 1. The monoisotopic (exact) mass is 538 g/mol. The van der Waals surface area contributed by atoms with Crippen LogP contribution in [0.5, 0.6) is 17.2 Å². The molecular formula is C26H25ClN5O4S+. The lowest BCUT2D eigenvalue weighted by molar-refractivity contribution is -0.625. The molecule has 9 nitrogen and oxygen atoms in total. The van der Waals surface area contributed by atoms with Crippen molar-refractivity contribution in [3.63, 3.8) is 0 Å². The molecule has 0 fully saturated rings. The van der Waals surface area contributed by atoms with Crippen LogP contribution in [0, 0.1) is 0 Å². The number of rotatable bonds is 10. The summed E-state index contributed by atoms with van der Waals surface area (Å²) in [5, 5.41) is 22.8. The van der Waals surface area contributed by atoms with E-state index in [0.717, 1.165) is 22.8 Å². The number of halogens is 1. The van der Waals surface area contributed by atoms with Crippen LogP contribution in [0.15, 0.2) is 77.0 Å². The fourth-order valence-electron chi connectivity index (χ4n) is 3.44. The number of aromatic nitrogens is 3. The first-order valence-corrected chi connectivity index (χ1v) is 12.7. The van der Waals surface area contributed by atoms with E-state index in [1.54, 1.807) is 30.3 Å². The second kappa shape index (κ2) is 12.3. The van der Waals surface area contributed by atoms with Crippen molar-refractivity contribution in [1.29, 1.82) is 0 Å². The smallest absolute Gasteiger partial charge is 0.342 e. The molecule has 1 heterocycles. The number of aromatic amines is 1. The Bertz CT molecular complexity index is 1390. The zero-order valence-electron chi connectivity index (χ0n) is 20.1. The van der Waals surface area contributed by atoms with Crippen molar-refractivity contribution in [3.05, 3.63) is 77.3 Å². The predicted molar refractivity (Wildman–Crippen MR) is 143 cm³/mol. The van der Waals surface area contributed by atoms with Crippen LogP contribution in [0.3, 0.4) is 0 Å². The standard InChI is InChI=1S/C26H24ClN5O4S/c1-3-36-21-13-11-20(12-14-21)32-25(17-7-9-19(27)10-8-17)30-31-26(32)37-16-23(33)29-28-15-18-5-4-6-22(35-2)24(18)34/h4-15H,3,16H2,1-2H3,(H2,28,29,33,34)/p+1. The average molecular weight is 539 g/mol.